The molecule has 2 rings (SSSR count). The fourth-order valence-corrected chi connectivity index (χ4v) is 3.07. The maximum Gasteiger partial charge on any atom is 0.329 e. The summed E-state index contributed by atoms with van der Waals surface area (Å²) in [5.74, 6) is -0.746. The van der Waals surface area contributed by atoms with Crippen molar-refractivity contribution in [2.24, 2.45) is 5.92 Å². The van der Waals surface area contributed by atoms with Crippen molar-refractivity contribution in [3.05, 3.63) is 18.0 Å². The van der Waals surface area contributed by atoms with Crippen LogP contribution in [0.2, 0.25) is 0 Å². The summed E-state index contributed by atoms with van der Waals surface area (Å²) in [5, 5.41) is 16.6. The minimum Gasteiger partial charge on any atom is -0.480 e. The van der Waals surface area contributed by atoms with Crippen molar-refractivity contribution >= 4 is 11.9 Å². The van der Waals surface area contributed by atoms with E-state index in [9.17, 15) is 14.7 Å². The van der Waals surface area contributed by atoms with Gasteiger partial charge in [0.15, 0.2) is 0 Å². The van der Waals surface area contributed by atoms with E-state index < -0.39 is 11.5 Å². The maximum atomic E-state index is 12.5. The number of aliphatic carboxylic acids is 1. The monoisotopic (exact) mass is 321 g/mol. The van der Waals surface area contributed by atoms with Gasteiger partial charge in [0, 0.05) is 6.20 Å². The molecule has 1 heterocycles. The Labute approximate surface area is 137 Å². The molecule has 128 valence electrons. The van der Waals surface area contributed by atoms with Gasteiger partial charge in [-0.25, -0.2) is 4.79 Å². The van der Waals surface area contributed by atoms with Crippen molar-refractivity contribution in [1.29, 1.82) is 0 Å². The van der Waals surface area contributed by atoms with Gasteiger partial charge in [-0.1, -0.05) is 13.3 Å². The van der Waals surface area contributed by atoms with Crippen LogP contribution in [-0.4, -0.2) is 32.3 Å². The zero-order chi connectivity index (χ0) is 17.3. The number of hydrogen-bond acceptors (Lipinski definition) is 3. The predicted molar refractivity (Wildman–Crippen MR) is 87.3 cm³/mol. The van der Waals surface area contributed by atoms with Gasteiger partial charge in [0.05, 0.1) is 17.3 Å². The summed E-state index contributed by atoms with van der Waals surface area (Å²) in [6.45, 7) is 8.10. The molecular weight excluding hydrogens is 294 g/mol. The second-order valence-corrected chi connectivity index (χ2v) is 7.54. The summed E-state index contributed by atoms with van der Waals surface area (Å²) < 4.78 is 1.71. The van der Waals surface area contributed by atoms with E-state index in [0.29, 0.717) is 24.3 Å². The fourth-order valence-electron chi connectivity index (χ4n) is 3.07. The molecule has 1 fully saturated rings. The highest BCUT2D eigenvalue weighted by Crippen LogP contribution is 2.34. The molecule has 1 aliphatic carbocycles. The molecule has 0 unspecified atom stereocenters. The van der Waals surface area contributed by atoms with Crippen molar-refractivity contribution in [1.82, 2.24) is 15.1 Å². The third kappa shape index (κ3) is 3.74. The van der Waals surface area contributed by atoms with E-state index >= 15 is 0 Å². The molecule has 1 saturated carbocycles. The molecular formula is C17H27N3O3. The van der Waals surface area contributed by atoms with E-state index in [-0.39, 0.29) is 11.4 Å². The Morgan fingerprint density at radius 3 is 2.43 bits per heavy atom. The number of carboxylic acid groups (broad SMARTS) is 1. The third-order valence-corrected chi connectivity index (χ3v) is 4.83. The molecule has 0 aliphatic heterocycles. The molecule has 0 saturated heterocycles. The Hall–Kier alpha value is -1.85. The van der Waals surface area contributed by atoms with Crippen molar-refractivity contribution in [3.63, 3.8) is 0 Å². The van der Waals surface area contributed by atoms with Crippen LogP contribution in [0.15, 0.2) is 12.4 Å². The van der Waals surface area contributed by atoms with Crippen LogP contribution < -0.4 is 5.32 Å². The van der Waals surface area contributed by atoms with Crippen LogP contribution in [0.25, 0.3) is 0 Å². The molecule has 0 bridgehead atoms. The van der Waals surface area contributed by atoms with Gasteiger partial charge in [0.2, 0.25) is 0 Å². The van der Waals surface area contributed by atoms with Crippen LogP contribution >= 0.6 is 0 Å². The summed E-state index contributed by atoms with van der Waals surface area (Å²) in [6.07, 6.45) is 6.87. The first-order chi connectivity index (χ1) is 10.7. The second kappa shape index (κ2) is 6.34. The molecule has 23 heavy (non-hydrogen) atoms. The number of rotatable bonds is 4. The summed E-state index contributed by atoms with van der Waals surface area (Å²) in [7, 11) is 0. The number of aromatic nitrogens is 2. The lowest BCUT2D eigenvalue weighted by Crippen LogP contribution is -2.56. The normalized spacial score (nSPS) is 25.1. The largest absolute Gasteiger partial charge is 0.480 e. The predicted octanol–water partition coefficient (Wildman–Crippen LogP) is 2.79. The first-order valence-corrected chi connectivity index (χ1v) is 8.29. The van der Waals surface area contributed by atoms with Gasteiger partial charge in [0.25, 0.3) is 5.91 Å². The topological polar surface area (TPSA) is 84.2 Å². The van der Waals surface area contributed by atoms with Crippen molar-refractivity contribution in [3.8, 4) is 0 Å². The lowest BCUT2D eigenvalue weighted by atomic mass is 9.75. The van der Waals surface area contributed by atoms with Gasteiger partial charge in [-0.2, -0.15) is 5.10 Å². The quantitative estimate of drug-likeness (QED) is 0.893. The Morgan fingerprint density at radius 1 is 1.39 bits per heavy atom. The Kier molecular flexibility index (Phi) is 4.82. The van der Waals surface area contributed by atoms with Gasteiger partial charge >= 0.3 is 5.97 Å². The number of amides is 1. The van der Waals surface area contributed by atoms with Crippen molar-refractivity contribution < 1.29 is 14.7 Å². The molecule has 6 heteroatoms. The number of carboxylic acids is 1. The molecule has 1 aliphatic rings. The second-order valence-electron chi connectivity index (χ2n) is 7.54. The van der Waals surface area contributed by atoms with Gasteiger partial charge in [-0.05, 0) is 52.4 Å². The number of nitrogens with one attached hydrogen (secondary N) is 1. The van der Waals surface area contributed by atoms with Crippen LogP contribution in [0.4, 0.5) is 0 Å². The third-order valence-electron chi connectivity index (χ3n) is 4.83. The highest BCUT2D eigenvalue weighted by molar-refractivity contribution is 5.97. The number of carbonyl (C=O) groups excluding carboxylic acids is 1. The van der Waals surface area contributed by atoms with Crippen LogP contribution in [0.5, 0.6) is 0 Å². The number of nitrogens with zero attached hydrogens (tertiary/aromatic N) is 2. The SMILES string of the molecule is CCC1CCC(NC(=O)c2cnn(C(C)(C)C)c2)(C(=O)O)CC1. The Bertz CT molecular complexity index is 578. The molecule has 0 aromatic carbocycles. The molecule has 0 radical (unpaired) electrons. The molecule has 1 aromatic rings. The van der Waals surface area contributed by atoms with Crippen LogP contribution in [0.3, 0.4) is 0 Å². The van der Waals surface area contributed by atoms with E-state index in [0.717, 1.165) is 19.3 Å². The lowest BCUT2D eigenvalue weighted by Gasteiger charge is -2.37. The van der Waals surface area contributed by atoms with E-state index in [1.807, 2.05) is 20.8 Å². The molecule has 6 nitrogen and oxygen atoms in total. The molecule has 1 amide bonds. The number of hydrogen-bond donors (Lipinski definition) is 2. The first-order valence-electron chi connectivity index (χ1n) is 8.29. The van der Waals surface area contributed by atoms with E-state index in [2.05, 4.69) is 17.3 Å². The van der Waals surface area contributed by atoms with Crippen molar-refractivity contribution in [2.45, 2.75) is 70.9 Å². The molecule has 1 aromatic heterocycles. The minimum atomic E-state index is -1.15. The summed E-state index contributed by atoms with van der Waals surface area (Å²) in [6, 6.07) is 0. The summed E-state index contributed by atoms with van der Waals surface area (Å²) >= 11 is 0. The standard InChI is InChI=1S/C17H27N3O3/c1-5-12-6-8-17(9-7-12,15(22)23)19-14(21)13-10-18-20(11-13)16(2,3)4/h10-12H,5-9H2,1-4H3,(H,19,21)(H,22,23). The van der Waals surface area contributed by atoms with Crippen molar-refractivity contribution in [2.75, 3.05) is 0 Å². The average Bonchev–Trinajstić information content (AvgIpc) is 2.98. The van der Waals surface area contributed by atoms with E-state index in [4.69, 9.17) is 0 Å². The fraction of sp³-hybridized carbons (Fsp3) is 0.706. The van der Waals surface area contributed by atoms with E-state index in [1.165, 1.54) is 6.20 Å². The first kappa shape index (κ1) is 17.5. The molecule has 0 atom stereocenters. The van der Waals surface area contributed by atoms with Crippen LogP contribution in [0, 0.1) is 5.92 Å². The average molecular weight is 321 g/mol. The van der Waals surface area contributed by atoms with Crippen LogP contribution in [0.1, 0.15) is 70.2 Å². The summed E-state index contributed by atoms with van der Waals surface area (Å²) in [5.41, 5.74) is -0.965. The smallest absolute Gasteiger partial charge is 0.329 e. The van der Waals surface area contributed by atoms with Gasteiger partial charge in [0.1, 0.15) is 5.54 Å². The van der Waals surface area contributed by atoms with Gasteiger partial charge in [-0.3, -0.25) is 9.48 Å². The van der Waals surface area contributed by atoms with E-state index in [1.54, 1.807) is 10.9 Å². The highest BCUT2D eigenvalue weighted by Gasteiger charge is 2.43. The Balaban J connectivity index is 2.13. The van der Waals surface area contributed by atoms with Crippen LogP contribution in [-0.2, 0) is 10.3 Å². The van der Waals surface area contributed by atoms with Gasteiger partial charge < -0.3 is 10.4 Å². The molecule has 2 N–H and O–H groups in total. The number of carbonyl (C=O) groups is 2. The molecule has 0 spiro atoms. The highest BCUT2D eigenvalue weighted by atomic mass is 16.4. The lowest BCUT2D eigenvalue weighted by molar-refractivity contribution is -0.146. The summed E-state index contributed by atoms with van der Waals surface area (Å²) in [4.78, 5) is 24.3. The maximum absolute atomic E-state index is 12.5. The van der Waals surface area contributed by atoms with Gasteiger partial charge in [-0.15, -0.1) is 0 Å². The Morgan fingerprint density at radius 2 is 2.00 bits per heavy atom. The zero-order valence-corrected chi connectivity index (χ0v) is 14.4. The minimum absolute atomic E-state index is 0.220. The zero-order valence-electron chi connectivity index (χ0n) is 14.4.